The van der Waals surface area contributed by atoms with E-state index >= 15 is 0 Å². The molecule has 0 radical (unpaired) electrons. The maximum absolute atomic E-state index is 12.1. The molecule has 0 amide bonds. The van der Waals surface area contributed by atoms with Crippen molar-refractivity contribution in [1.29, 1.82) is 0 Å². The molecule has 0 aromatic carbocycles. The van der Waals surface area contributed by atoms with Crippen molar-refractivity contribution in [2.24, 2.45) is 11.8 Å². The zero-order chi connectivity index (χ0) is 17.8. The monoisotopic (exact) mass is 338 g/mol. The van der Waals surface area contributed by atoms with E-state index in [2.05, 4.69) is 13.0 Å². The Hall–Kier alpha value is -0.970. The summed E-state index contributed by atoms with van der Waals surface area (Å²) in [4.78, 5) is 12.1. The van der Waals surface area contributed by atoms with Crippen LogP contribution in [0.5, 0.6) is 0 Å². The third-order valence-electron chi connectivity index (χ3n) is 4.73. The van der Waals surface area contributed by atoms with Gasteiger partial charge in [-0.2, -0.15) is 0 Å². The molecule has 0 heterocycles. The van der Waals surface area contributed by atoms with Crippen molar-refractivity contribution in [3.8, 4) is 0 Å². The smallest absolute Gasteiger partial charge is 0.139 e. The lowest BCUT2D eigenvalue weighted by atomic mass is 9.89. The number of ketones is 1. The fourth-order valence-corrected chi connectivity index (χ4v) is 3.26. The van der Waals surface area contributed by atoms with E-state index in [9.17, 15) is 15.0 Å². The normalized spacial score (nSPS) is 26.0. The van der Waals surface area contributed by atoms with E-state index in [4.69, 9.17) is 5.11 Å². The molecule has 1 aliphatic rings. The maximum Gasteiger partial charge on any atom is 0.139 e. The second kappa shape index (κ2) is 12.4. The summed E-state index contributed by atoms with van der Waals surface area (Å²) < 4.78 is 0. The number of unbranched alkanes of at least 4 members (excludes halogenated alkanes) is 2. The van der Waals surface area contributed by atoms with Gasteiger partial charge in [-0.3, -0.25) is 4.79 Å². The summed E-state index contributed by atoms with van der Waals surface area (Å²) in [5.74, 6) is -0.0966. The Kier molecular flexibility index (Phi) is 10.9. The van der Waals surface area contributed by atoms with Gasteiger partial charge in [-0.1, -0.05) is 44.1 Å². The molecule has 0 spiro atoms. The lowest BCUT2D eigenvalue weighted by Gasteiger charge is -2.17. The molecular formula is C20H34O4. The Morgan fingerprint density at radius 2 is 1.96 bits per heavy atom. The highest BCUT2D eigenvalue weighted by atomic mass is 16.3. The van der Waals surface area contributed by atoms with E-state index in [1.165, 1.54) is 0 Å². The quantitative estimate of drug-likeness (QED) is 0.377. The SMILES string of the molecule is CCCCC(O)C/C=C/[C@H]1C(O)CC(=O)[C@@H]1CC/C=C/CCCO. The number of aliphatic hydroxyl groups is 3. The van der Waals surface area contributed by atoms with Gasteiger partial charge >= 0.3 is 0 Å². The number of hydrogen-bond acceptors (Lipinski definition) is 4. The molecule has 1 aliphatic carbocycles. The van der Waals surface area contributed by atoms with Crippen LogP contribution < -0.4 is 0 Å². The topological polar surface area (TPSA) is 77.8 Å². The fraction of sp³-hybridized carbons (Fsp3) is 0.750. The average molecular weight is 338 g/mol. The zero-order valence-corrected chi connectivity index (χ0v) is 14.9. The van der Waals surface area contributed by atoms with Gasteiger partial charge < -0.3 is 15.3 Å². The standard InChI is InChI=1S/C20H34O4/c1-2-3-10-16(22)11-9-13-18-17(19(23)15-20(18)24)12-7-5-4-6-8-14-21/h4-5,9,13,16-18,20-22,24H,2-3,6-8,10-12,14-15H2,1H3/b5-4+,13-9+/t16?,17-,18-,20?/m1/s1. The molecule has 0 aromatic heterocycles. The first-order valence-electron chi connectivity index (χ1n) is 9.41. The first-order valence-corrected chi connectivity index (χ1v) is 9.41. The third-order valence-corrected chi connectivity index (χ3v) is 4.73. The highest BCUT2D eigenvalue weighted by Gasteiger charge is 2.39. The van der Waals surface area contributed by atoms with E-state index in [1.807, 2.05) is 18.2 Å². The van der Waals surface area contributed by atoms with Crippen LogP contribution >= 0.6 is 0 Å². The van der Waals surface area contributed by atoms with E-state index in [-0.39, 0.29) is 36.8 Å². The van der Waals surface area contributed by atoms with Crippen molar-refractivity contribution in [3.63, 3.8) is 0 Å². The molecule has 0 saturated heterocycles. The summed E-state index contributed by atoms with van der Waals surface area (Å²) >= 11 is 0. The van der Waals surface area contributed by atoms with Crippen molar-refractivity contribution >= 4 is 5.78 Å². The molecule has 1 saturated carbocycles. The Labute approximate surface area is 146 Å². The molecule has 4 atom stereocenters. The van der Waals surface area contributed by atoms with Crippen molar-refractivity contribution in [2.45, 2.75) is 76.9 Å². The molecule has 2 unspecified atom stereocenters. The van der Waals surface area contributed by atoms with Crippen LogP contribution in [0.3, 0.4) is 0 Å². The molecule has 1 fully saturated rings. The van der Waals surface area contributed by atoms with Crippen molar-refractivity contribution < 1.29 is 20.1 Å². The van der Waals surface area contributed by atoms with Crippen LogP contribution in [0.2, 0.25) is 0 Å². The van der Waals surface area contributed by atoms with E-state index in [0.717, 1.165) is 44.9 Å². The van der Waals surface area contributed by atoms with Gasteiger partial charge in [-0.05, 0) is 38.5 Å². The summed E-state index contributed by atoms with van der Waals surface area (Å²) in [6.07, 6.45) is 14.0. The Morgan fingerprint density at radius 3 is 2.67 bits per heavy atom. The zero-order valence-electron chi connectivity index (χ0n) is 14.9. The van der Waals surface area contributed by atoms with E-state index < -0.39 is 6.10 Å². The second-order valence-corrected chi connectivity index (χ2v) is 6.80. The van der Waals surface area contributed by atoms with Crippen LogP contribution in [-0.2, 0) is 4.79 Å². The number of hydrogen-bond donors (Lipinski definition) is 3. The number of carbonyl (C=O) groups is 1. The van der Waals surface area contributed by atoms with Crippen LogP contribution in [0.15, 0.2) is 24.3 Å². The molecular weight excluding hydrogens is 304 g/mol. The first kappa shape index (κ1) is 21.1. The molecule has 0 aromatic rings. The summed E-state index contributed by atoms with van der Waals surface area (Å²) in [6.45, 7) is 2.31. The van der Waals surface area contributed by atoms with Gasteiger partial charge in [-0.25, -0.2) is 0 Å². The van der Waals surface area contributed by atoms with Gasteiger partial charge in [0.2, 0.25) is 0 Å². The van der Waals surface area contributed by atoms with Crippen LogP contribution in [0, 0.1) is 11.8 Å². The van der Waals surface area contributed by atoms with Crippen LogP contribution in [-0.4, -0.2) is 39.9 Å². The summed E-state index contributed by atoms with van der Waals surface area (Å²) in [6, 6.07) is 0. The van der Waals surface area contributed by atoms with Crippen molar-refractivity contribution in [3.05, 3.63) is 24.3 Å². The first-order chi connectivity index (χ1) is 11.6. The Balaban J connectivity index is 2.44. The van der Waals surface area contributed by atoms with Crippen LogP contribution in [0.4, 0.5) is 0 Å². The van der Waals surface area contributed by atoms with Gasteiger partial charge in [-0.15, -0.1) is 0 Å². The lowest BCUT2D eigenvalue weighted by molar-refractivity contribution is -0.121. The molecule has 3 N–H and O–H groups in total. The predicted octanol–water partition coefficient (Wildman–Crippen LogP) is 3.16. The second-order valence-electron chi connectivity index (χ2n) is 6.80. The number of allylic oxidation sites excluding steroid dienone is 2. The van der Waals surface area contributed by atoms with Gasteiger partial charge in [0, 0.05) is 24.9 Å². The summed E-state index contributed by atoms with van der Waals surface area (Å²) in [5, 5.41) is 28.7. The molecule has 4 nitrogen and oxygen atoms in total. The summed E-state index contributed by atoms with van der Waals surface area (Å²) in [5.41, 5.74) is 0. The number of rotatable bonds is 12. The lowest BCUT2D eigenvalue weighted by Crippen LogP contribution is -2.18. The fourth-order valence-electron chi connectivity index (χ4n) is 3.26. The van der Waals surface area contributed by atoms with E-state index in [0.29, 0.717) is 6.42 Å². The highest BCUT2D eigenvalue weighted by Crippen LogP contribution is 2.34. The molecule has 24 heavy (non-hydrogen) atoms. The van der Waals surface area contributed by atoms with Crippen LogP contribution in [0.1, 0.15) is 64.7 Å². The molecule has 0 aliphatic heterocycles. The Bertz CT molecular complexity index is 402. The number of Topliss-reactive ketones (excluding diaryl/α,β-unsaturated/α-hetero) is 1. The molecule has 4 heteroatoms. The van der Waals surface area contributed by atoms with Crippen molar-refractivity contribution in [2.75, 3.05) is 6.61 Å². The Morgan fingerprint density at radius 1 is 1.21 bits per heavy atom. The number of carbonyl (C=O) groups excluding carboxylic acids is 1. The minimum Gasteiger partial charge on any atom is -0.396 e. The van der Waals surface area contributed by atoms with Gasteiger partial charge in [0.15, 0.2) is 0 Å². The number of aliphatic hydroxyl groups excluding tert-OH is 3. The average Bonchev–Trinajstić information content (AvgIpc) is 2.82. The van der Waals surface area contributed by atoms with Crippen LogP contribution in [0.25, 0.3) is 0 Å². The predicted molar refractivity (Wildman–Crippen MR) is 96.6 cm³/mol. The highest BCUT2D eigenvalue weighted by molar-refractivity contribution is 5.84. The third kappa shape index (κ3) is 7.73. The largest absolute Gasteiger partial charge is 0.396 e. The minimum atomic E-state index is -0.593. The van der Waals surface area contributed by atoms with Gasteiger partial charge in [0.1, 0.15) is 5.78 Å². The minimum absolute atomic E-state index is 0.119. The van der Waals surface area contributed by atoms with Gasteiger partial charge in [0.25, 0.3) is 0 Å². The van der Waals surface area contributed by atoms with Gasteiger partial charge in [0.05, 0.1) is 12.2 Å². The van der Waals surface area contributed by atoms with E-state index in [1.54, 1.807) is 0 Å². The molecule has 138 valence electrons. The summed E-state index contributed by atoms with van der Waals surface area (Å²) in [7, 11) is 0. The molecule has 1 rings (SSSR count). The maximum atomic E-state index is 12.1. The van der Waals surface area contributed by atoms with Crippen molar-refractivity contribution in [1.82, 2.24) is 0 Å². The molecule has 0 bridgehead atoms.